The van der Waals surface area contributed by atoms with E-state index in [2.05, 4.69) is 0 Å². The molecule has 1 amide bonds. The molecule has 1 aliphatic rings. The van der Waals surface area contributed by atoms with E-state index in [0.29, 0.717) is 12.5 Å². The SMILES string of the molecule is COc1ccc(CN(C)C(=O)C(C)C2CCOCC2)c(OC)c1. The van der Waals surface area contributed by atoms with Crippen molar-refractivity contribution in [3.63, 3.8) is 0 Å². The van der Waals surface area contributed by atoms with Crippen LogP contribution in [0.25, 0.3) is 0 Å². The number of carbonyl (C=O) groups is 1. The number of nitrogens with zero attached hydrogens (tertiary/aromatic N) is 1. The number of hydrogen-bond donors (Lipinski definition) is 0. The predicted molar refractivity (Wildman–Crippen MR) is 88.7 cm³/mol. The maximum atomic E-state index is 12.7. The standard InChI is InChI=1S/C18H27NO4/c1-13(14-7-9-23-10-8-14)18(20)19(2)12-15-5-6-16(21-3)11-17(15)22-4/h5-6,11,13-14H,7-10,12H2,1-4H3. The van der Waals surface area contributed by atoms with Crippen molar-refractivity contribution < 1.29 is 19.0 Å². The van der Waals surface area contributed by atoms with Crippen molar-refractivity contribution in [3.05, 3.63) is 23.8 Å². The summed E-state index contributed by atoms with van der Waals surface area (Å²) >= 11 is 0. The Morgan fingerprint density at radius 3 is 2.61 bits per heavy atom. The van der Waals surface area contributed by atoms with Crippen LogP contribution in [0.3, 0.4) is 0 Å². The zero-order valence-electron chi connectivity index (χ0n) is 14.5. The van der Waals surface area contributed by atoms with Crippen LogP contribution in [-0.4, -0.2) is 45.3 Å². The molecule has 23 heavy (non-hydrogen) atoms. The molecule has 1 unspecified atom stereocenters. The van der Waals surface area contributed by atoms with Crippen LogP contribution < -0.4 is 9.47 Å². The van der Waals surface area contributed by atoms with Gasteiger partial charge in [0.15, 0.2) is 0 Å². The van der Waals surface area contributed by atoms with Gasteiger partial charge in [0.2, 0.25) is 5.91 Å². The van der Waals surface area contributed by atoms with Gasteiger partial charge in [-0.3, -0.25) is 4.79 Å². The highest BCUT2D eigenvalue weighted by Crippen LogP contribution is 2.28. The van der Waals surface area contributed by atoms with Gasteiger partial charge in [0, 0.05) is 44.4 Å². The molecule has 5 heteroatoms. The molecule has 0 bridgehead atoms. The van der Waals surface area contributed by atoms with Crippen LogP contribution in [0.2, 0.25) is 0 Å². The van der Waals surface area contributed by atoms with Crippen molar-refractivity contribution in [3.8, 4) is 11.5 Å². The minimum atomic E-state index is 0.0214. The quantitative estimate of drug-likeness (QED) is 0.808. The van der Waals surface area contributed by atoms with E-state index in [1.807, 2.05) is 32.2 Å². The van der Waals surface area contributed by atoms with Gasteiger partial charge in [0.05, 0.1) is 14.2 Å². The largest absolute Gasteiger partial charge is 0.497 e. The summed E-state index contributed by atoms with van der Waals surface area (Å²) in [4.78, 5) is 14.5. The lowest BCUT2D eigenvalue weighted by molar-refractivity contribution is -0.137. The molecular formula is C18H27NO4. The summed E-state index contributed by atoms with van der Waals surface area (Å²) in [6.45, 7) is 4.08. The monoisotopic (exact) mass is 321 g/mol. The number of carbonyl (C=O) groups excluding carboxylic acids is 1. The van der Waals surface area contributed by atoms with Gasteiger partial charge in [-0.2, -0.15) is 0 Å². The number of methoxy groups -OCH3 is 2. The highest BCUT2D eigenvalue weighted by molar-refractivity contribution is 5.78. The van der Waals surface area contributed by atoms with Crippen LogP contribution in [0.4, 0.5) is 0 Å². The summed E-state index contributed by atoms with van der Waals surface area (Å²) in [5, 5.41) is 0. The van der Waals surface area contributed by atoms with Gasteiger partial charge < -0.3 is 19.1 Å². The van der Waals surface area contributed by atoms with E-state index in [1.165, 1.54) is 0 Å². The molecule has 1 heterocycles. The summed E-state index contributed by atoms with van der Waals surface area (Å²) in [6.07, 6.45) is 1.93. The molecule has 1 aromatic carbocycles. The first-order valence-corrected chi connectivity index (χ1v) is 8.10. The smallest absolute Gasteiger partial charge is 0.225 e. The first kappa shape index (κ1) is 17.6. The third kappa shape index (κ3) is 4.38. The number of benzene rings is 1. The number of amides is 1. The van der Waals surface area contributed by atoms with E-state index >= 15 is 0 Å². The highest BCUT2D eigenvalue weighted by atomic mass is 16.5. The molecule has 1 aliphatic heterocycles. The fraction of sp³-hybridized carbons (Fsp3) is 0.611. The van der Waals surface area contributed by atoms with Gasteiger partial charge in [0.25, 0.3) is 0 Å². The Bertz CT molecular complexity index is 526. The third-order valence-electron chi connectivity index (χ3n) is 4.64. The molecule has 0 N–H and O–H groups in total. The Balaban J connectivity index is 2.02. The fourth-order valence-corrected chi connectivity index (χ4v) is 3.08. The second kappa shape index (κ2) is 8.20. The lowest BCUT2D eigenvalue weighted by atomic mass is 9.86. The van der Waals surface area contributed by atoms with Crippen LogP contribution in [-0.2, 0) is 16.1 Å². The van der Waals surface area contributed by atoms with Gasteiger partial charge in [-0.25, -0.2) is 0 Å². The summed E-state index contributed by atoms with van der Waals surface area (Å²) in [5.74, 6) is 2.09. The van der Waals surface area contributed by atoms with Gasteiger partial charge in [0.1, 0.15) is 11.5 Å². The molecule has 0 spiro atoms. The van der Waals surface area contributed by atoms with Crippen LogP contribution in [0, 0.1) is 11.8 Å². The Morgan fingerprint density at radius 1 is 1.30 bits per heavy atom. The van der Waals surface area contributed by atoms with Crippen LogP contribution in [0.5, 0.6) is 11.5 Å². The maximum absolute atomic E-state index is 12.7. The van der Waals surface area contributed by atoms with E-state index in [-0.39, 0.29) is 11.8 Å². The van der Waals surface area contributed by atoms with Crippen molar-refractivity contribution in [1.82, 2.24) is 4.90 Å². The number of hydrogen-bond acceptors (Lipinski definition) is 4. The van der Waals surface area contributed by atoms with Crippen molar-refractivity contribution in [2.75, 3.05) is 34.5 Å². The lowest BCUT2D eigenvalue weighted by Crippen LogP contribution is -2.36. The van der Waals surface area contributed by atoms with E-state index in [1.54, 1.807) is 19.1 Å². The second-order valence-electron chi connectivity index (χ2n) is 6.11. The van der Waals surface area contributed by atoms with Crippen molar-refractivity contribution in [2.24, 2.45) is 11.8 Å². The minimum Gasteiger partial charge on any atom is -0.497 e. The topological polar surface area (TPSA) is 48.0 Å². The van der Waals surface area contributed by atoms with Gasteiger partial charge >= 0.3 is 0 Å². The summed E-state index contributed by atoms with van der Waals surface area (Å²) in [6, 6.07) is 5.67. The second-order valence-corrected chi connectivity index (χ2v) is 6.11. The molecule has 2 rings (SSSR count). The zero-order valence-corrected chi connectivity index (χ0v) is 14.5. The molecular weight excluding hydrogens is 294 g/mol. The Kier molecular flexibility index (Phi) is 6.28. The molecule has 1 saturated heterocycles. The average molecular weight is 321 g/mol. The van der Waals surface area contributed by atoms with Crippen molar-refractivity contribution in [2.45, 2.75) is 26.3 Å². The molecule has 1 fully saturated rings. The molecule has 1 aromatic rings. The number of rotatable bonds is 6. The van der Waals surface area contributed by atoms with E-state index in [0.717, 1.165) is 43.1 Å². The van der Waals surface area contributed by atoms with E-state index < -0.39 is 0 Å². The summed E-state index contributed by atoms with van der Waals surface area (Å²) < 4.78 is 16.0. The fourth-order valence-electron chi connectivity index (χ4n) is 3.08. The van der Waals surface area contributed by atoms with Gasteiger partial charge in [-0.05, 0) is 30.9 Å². The molecule has 0 aliphatic carbocycles. The van der Waals surface area contributed by atoms with Gasteiger partial charge in [-0.15, -0.1) is 0 Å². The lowest BCUT2D eigenvalue weighted by Gasteiger charge is -2.30. The maximum Gasteiger partial charge on any atom is 0.225 e. The number of ether oxygens (including phenoxy) is 3. The minimum absolute atomic E-state index is 0.0214. The Morgan fingerprint density at radius 2 is 2.00 bits per heavy atom. The van der Waals surface area contributed by atoms with E-state index in [9.17, 15) is 4.79 Å². The van der Waals surface area contributed by atoms with E-state index in [4.69, 9.17) is 14.2 Å². The first-order chi connectivity index (χ1) is 11.1. The first-order valence-electron chi connectivity index (χ1n) is 8.10. The van der Waals surface area contributed by atoms with Gasteiger partial charge in [-0.1, -0.05) is 6.92 Å². The van der Waals surface area contributed by atoms with Crippen LogP contribution >= 0.6 is 0 Å². The average Bonchev–Trinajstić information content (AvgIpc) is 2.61. The third-order valence-corrected chi connectivity index (χ3v) is 4.64. The molecule has 0 saturated carbocycles. The van der Waals surface area contributed by atoms with Crippen LogP contribution in [0.15, 0.2) is 18.2 Å². The normalized spacial score (nSPS) is 16.7. The van der Waals surface area contributed by atoms with Crippen LogP contribution in [0.1, 0.15) is 25.3 Å². The summed E-state index contributed by atoms with van der Waals surface area (Å²) in [5.41, 5.74) is 0.975. The molecule has 0 radical (unpaired) electrons. The summed E-state index contributed by atoms with van der Waals surface area (Å²) in [7, 11) is 5.10. The molecule has 1 atom stereocenters. The zero-order chi connectivity index (χ0) is 16.8. The predicted octanol–water partition coefficient (Wildman–Crippen LogP) is 2.72. The molecule has 5 nitrogen and oxygen atoms in total. The molecule has 128 valence electrons. The Labute approximate surface area is 138 Å². The van der Waals surface area contributed by atoms with Crippen molar-refractivity contribution in [1.29, 1.82) is 0 Å². The highest BCUT2D eigenvalue weighted by Gasteiger charge is 2.28. The van der Waals surface area contributed by atoms with Crippen molar-refractivity contribution >= 4 is 5.91 Å². The molecule has 0 aromatic heterocycles. The Hall–Kier alpha value is -1.75.